The molecule has 36 heavy (non-hydrogen) atoms. The maximum absolute atomic E-state index is 14.5. The Morgan fingerprint density at radius 1 is 1.31 bits per heavy atom. The monoisotopic (exact) mass is 582 g/mol. The van der Waals surface area contributed by atoms with Crippen molar-refractivity contribution in [3.8, 4) is 0 Å². The quantitative estimate of drug-likeness (QED) is 0.173. The van der Waals surface area contributed by atoms with Gasteiger partial charge in [-0.15, -0.1) is 24.9 Å². The third kappa shape index (κ3) is 4.57. The molecule has 1 aliphatic carbocycles. The Morgan fingerprint density at radius 2 is 2.03 bits per heavy atom. The summed E-state index contributed by atoms with van der Waals surface area (Å²) >= 11 is 5.40. The Labute approximate surface area is 227 Å². The number of nitrogens with zero attached hydrogens (tertiary/aromatic N) is 2. The Kier molecular flexibility index (Phi) is 8.93. The standard InChI is InChI=1S/C27H39BrN2O5S/c1-4-7-14-35-26(34)20-21-24(32)30(17(6-3)16-31)23(27(21)15-19(28)22(20)36-27)25(33)29(13-5-2)18-11-9-8-10-12-18/h4-5,17-23,31H,1-2,6-16H2,3H3/t17-,19?,20-,21-,22-,23?,27?/m0/s1. The van der Waals surface area contributed by atoms with Crippen molar-refractivity contribution in [2.45, 2.75) is 91.2 Å². The van der Waals surface area contributed by atoms with Gasteiger partial charge >= 0.3 is 5.97 Å². The van der Waals surface area contributed by atoms with Crippen LogP contribution in [0, 0.1) is 11.8 Å². The number of fused-ring (bicyclic) bond motifs is 1. The highest BCUT2D eigenvalue weighted by Gasteiger charge is 2.76. The minimum absolute atomic E-state index is 0.00417. The van der Waals surface area contributed by atoms with Crippen LogP contribution in [0.1, 0.15) is 58.3 Å². The molecule has 4 fully saturated rings. The predicted molar refractivity (Wildman–Crippen MR) is 145 cm³/mol. The number of thioether (sulfide) groups is 1. The van der Waals surface area contributed by atoms with Crippen molar-refractivity contribution in [1.82, 2.24) is 9.80 Å². The van der Waals surface area contributed by atoms with Crippen LogP contribution in [0.2, 0.25) is 0 Å². The van der Waals surface area contributed by atoms with Gasteiger partial charge < -0.3 is 19.6 Å². The molecule has 0 radical (unpaired) electrons. The zero-order valence-electron chi connectivity index (χ0n) is 21.1. The highest BCUT2D eigenvalue weighted by Crippen LogP contribution is 2.68. The molecule has 4 aliphatic rings. The number of hydrogen-bond donors (Lipinski definition) is 1. The lowest BCUT2D eigenvalue weighted by molar-refractivity contribution is -0.154. The lowest BCUT2D eigenvalue weighted by Gasteiger charge is -2.42. The van der Waals surface area contributed by atoms with Gasteiger partial charge in [-0.1, -0.05) is 54.3 Å². The molecule has 200 valence electrons. The molecule has 7 nitrogen and oxygen atoms in total. The number of carbonyl (C=O) groups is 3. The maximum atomic E-state index is 14.5. The average Bonchev–Trinajstić information content (AvgIpc) is 3.47. The van der Waals surface area contributed by atoms with Crippen molar-refractivity contribution in [2.24, 2.45) is 11.8 Å². The summed E-state index contributed by atoms with van der Waals surface area (Å²) in [4.78, 5) is 45.5. The van der Waals surface area contributed by atoms with Gasteiger partial charge in [-0.3, -0.25) is 14.4 Å². The Bertz CT molecular complexity index is 876. The molecule has 1 saturated carbocycles. The van der Waals surface area contributed by atoms with Gasteiger partial charge in [0, 0.05) is 22.7 Å². The molecular formula is C27H39BrN2O5S. The van der Waals surface area contributed by atoms with E-state index < -0.39 is 28.7 Å². The van der Waals surface area contributed by atoms with Gasteiger partial charge in [0.2, 0.25) is 11.8 Å². The lowest BCUT2D eigenvalue weighted by atomic mass is 9.71. The highest BCUT2D eigenvalue weighted by atomic mass is 79.9. The fourth-order valence-corrected chi connectivity index (χ4v) is 10.5. The molecule has 1 spiro atoms. The molecule has 1 N–H and O–H groups in total. The van der Waals surface area contributed by atoms with Crippen LogP contribution in [0.5, 0.6) is 0 Å². The van der Waals surface area contributed by atoms with E-state index in [1.807, 2.05) is 11.8 Å². The van der Waals surface area contributed by atoms with Gasteiger partial charge in [-0.05, 0) is 32.1 Å². The van der Waals surface area contributed by atoms with Gasteiger partial charge in [0.1, 0.15) is 6.04 Å². The van der Waals surface area contributed by atoms with Gasteiger partial charge in [0.25, 0.3) is 0 Å². The summed E-state index contributed by atoms with van der Waals surface area (Å²) in [5, 5.41) is 10.1. The molecule has 0 aromatic carbocycles. The smallest absolute Gasteiger partial charge is 0.310 e. The molecule has 3 saturated heterocycles. The number of likely N-dealkylation sites (tertiary alicyclic amines) is 1. The summed E-state index contributed by atoms with van der Waals surface area (Å²) in [5.41, 5.74) is 0. The van der Waals surface area contributed by atoms with Crippen LogP contribution in [0.15, 0.2) is 25.3 Å². The van der Waals surface area contributed by atoms with Crippen molar-refractivity contribution >= 4 is 45.5 Å². The second kappa shape index (κ2) is 11.6. The molecule has 4 rings (SSSR count). The zero-order chi connectivity index (χ0) is 26.0. The number of rotatable bonds is 11. The molecule has 3 aliphatic heterocycles. The van der Waals surface area contributed by atoms with Crippen molar-refractivity contribution < 1.29 is 24.2 Å². The molecule has 2 bridgehead atoms. The van der Waals surface area contributed by atoms with Crippen molar-refractivity contribution in [2.75, 3.05) is 19.8 Å². The first kappa shape index (κ1) is 27.7. The van der Waals surface area contributed by atoms with Crippen LogP contribution < -0.4 is 0 Å². The molecule has 3 heterocycles. The van der Waals surface area contributed by atoms with Gasteiger partial charge in [0.05, 0.1) is 35.8 Å². The van der Waals surface area contributed by atoms with Crippen LogP contribution >= 0.6 is 27.7 Å². The molecular weight excluding hydrogens is 544 g/mol. The van der Waals surface area contributed by atoms with E-state index in [0.717, 1.165) is 25.7 Å². The Morgan fingerprint density at radius 3 is 2.64 bits per heavy atom. The second-order valence-electron chi connectivity index (χ2n) is 10.5. The fraction of sp³-hybridized carbons (Fsp3) is 0.741. The summed E-state index contributed by atoms with van der Waals surface area (Å²) in [7, 11) is 0. The number of esters is 1. The third-order valence-corrected chi connectivity index (χ3v) is 11.7. The summed E-state index contributed by atoms with van der Waals surface area (Å²) in [6, 6.07) is -1.09. The molecule has 0 aromatic heterocycles. The second-order valence-corrected chi connectivity index (χ2v) is 13.2. The molecule has 3 unspecified atom stereocenters. The molecule has 9 heteroatoms. The number of alkyl halides is 1. The zero-order valence-corrected chi connectivity index (χ0v) is 23.6. The molecule has 0 aromatic rings. The molecule has 2 amide bonds. The first-order valence-corrected chi connectivity index (χ1v) is 15.1. The summed E-state index contributed by atoms with van der Waals surface area (Å²) < 4.78 is 4.84. The average molecular weight is 584 g/mol. The van der Waals surface area contributed by atoms with Crippen molar-refractivity contribution in [3.05, 3.63) is 25.3 Å². The van der Waals surface area contributed by atoms with Crippen molar-refractivity contribution in [1.29, 1.82) is 0 Å². The number of halogens is 1. The number of hydrogen-bond acceptors (Lipinski definition) is 6. The highest BCUT2D eigenvalue weighted by molar-refractivity contribution is 9.09. The number of carbonyl (C=O) groups excluding carboxylic acids is 3. The normalized spacial score (nSPS) is 34.4. The van der Waals surface area contributed by atoms with E-state index in [0.29, 0.717) is 25.8 Å². The van der Waals surface area contributed by atoms with Crippen molar-refractivity contribution in [3.63, 3.8) is 0 Å². The largest absolute Gasteiger partial charge is 0.465 e. The topological polar surface area (TPSA) is 87.1 Å². The van der Waals surface area contributed by atoms with E-state index in [4.69, 9.17) is 4.74 Å². The van der Waals surface area contributed by atoms with E-state index in [9.17, 15) is 19.5 Å². The van der Waals surface area contributed by atoms with E-state index in [1.165, 1.54) is 6.42 Å². The van der Waals surface area contributed by atoms with Crippen LogP contribution in [-0.4, -0.2) is 85.4 Å². The Hall–Kier alpha value is -1.32. The lowest BCUT2D eigenvalue weighted by Crippen LogP contribution is -2.59. The van der Waals surface area contributed by atoms with Gasteiger partial charge in [0.15, 0.2) is 0 Å². The minimum Gasteiger partial charge on any atom is -0.465 e. The first-order valence-electron chi connectivity index (χ1n) is 13.3. The number of aliphatic hydroxyl groups excluding tert-OH is 1. The van der Waals surface area contributed by atoms with Gasteiger partial charge in [-0.25, -0.2) is 0 Å². The van der Waals surface area contributed by atoms with E-state index in [2.05, 4.69) is 29.1 Å². The molecule has 7 atom stereocenters. The summed E-state index contributed by atoms with van der Waals surface area (Å²) in [5.74, 6) is -1.90. The van der Waals surface area contributed by atoms with Crippen LogP contribution in [0.4, 0.5) is 0 Å². The van der Waals surface area contributed by atoms with Gasteiger partial charge in [-0.2, -0.15) is 0 Å². The fourth-order valence-electron chi connectivity index (χ4n) is 6.87. The SMILES string of the molecule is C=CCCOC(=O)[C@H]1[C@H]2C(=O)N([C@@H](CC)CO)C(C(=O)N(CC=C)C3CCCCC3)C23CC(Br)[C@@H]1S3. The Balaban J connectivity index is 1.74. The van der Waals surface area contributed by atoms with E-state index in [-0.39, 0.29) is 47.1 Å². The number of aliphatic hydroxyl groups is 1. The van der Waals surface area contributed by atoms with Crippen LogP contribution in [-0.2, 0) is 19.1 Å². The van der Waals surface area contributed by atoms with Crippen LogP contribution in [0.3, 0.4) is 0 Å². The summed E-state index contributed by atoms with van der Waals surface area (Å²) in [6.07, 6.45) is 10.4. The summed E-state index contributed by atoms with van der Waals surface area (Å²) in [6.45, 7) is 9.94. The maximum Gasteiger partial charge on any atom is 0.310 e. The van der Waals surface area contributed by atoms with E-state index in [1.54, 1.807) is 28.8 Å². The van der Waals surface area contributed by atoms with E-state index >= 15 is 0 Å². The predicted octanol–water partition coefficient (Wildman–Crippen LogP) is 3.69. The van der Waals surface area contributed by atoms with Crippen LogP contribution in [0.25, 0.3) is 0 Å². The number of ether oxygens (including phenoxy) is 1. The minimum atomic E-state index is -0.730. The number of amides is 2. The third-order valence-electron chi connectivity index (χ3n) is 8.50. The first-order chi connectivity index (χ1) is 17.4.